The van der Waals surface area contributed by atoms with Gasteiger partial charge in [-0.3, -0.25) is 9.59 Å². The number of nitrogens with one attached hydrogen (secondary N) is 4. The number of hydrogen-bond donors (Lipinski definition) is 4. The first-order chi connectivity index (χ1) is 16.8. The SMILES string of the molecule is CNC(=O)C(=O)NC(C)[C@H](Oc1ccc(Nc2ccc(F)cc2)c(C=N)c1)c1cccc(OC)c1. The number of halogens is 1. The van der Waals surface area contributed by atoms with E-state index in [9.17, 15) is 14.0 Å². The maximum Gasteiger partial charge on any atom is 0.309 e. The molecule has 2 atom stereocenters. The summed E-state index contributed by atoms with van der Waals surface area (Å²) in [6.07, 6.45) is 0.504. The number of carbonyl (C=O) groups excluding carboxylic acids is 2. The van der Waals surface area contributed by atoms with E-state index in [0.717, 1.165) is 5.56 Å². The quantitative estimate of drug-likeness (QED) is 0.275. The van der Waals surface area contributed by atoms with Gasteiger partial charge in [0.1, 0.15) is 23.4 Å². The lowest BCUT2D eigenvalue weighted by atomic mass is 10.0. The minimum atomic E-state index is -0.782. The van der Waals surface area contributed by atoms with E-state index in [1.165, 1.54) is 25.4 Å². The standard InChI is InChI=1S/C26H27FN4O4/c1-16(30-26(33)25(32)29-2)24(17-5-4-6-21(13-17)34-3)35-22-11-12-23(18(14-22)15-28)31-20-9-7-19(27)8-10-20/h4-16,24,28,31H,1-3H3,(H,29,32)(H,30,33)/t16?,24-/m0/s1. The van der Waals surface area contributed by atoms with Crippen LogP contribution in [-0.4, -0.2) is 38.2 Å². The van der Waals surface area contributed by atoms with E-state index in [0.29, 0.717) is 28.4 Å². The van der Waals surface area contributed by atoms with Gasteiger partial charge in [-0.1, -0.05) is 12.1 Å². The molecule has 2 amide bonds. The number of anilines is 2. The van der Waals surface area contributed by atoms with Gasteiger partial charge in [-0.05, 0) is 67.1 Å². The van der Waals surface area contributed by atoms with Crippen LogP contribution < -0.4 is 25.4 Å². The average molecular weight is 479 g/mol. The summed E-state index contributed by atoms with van der Waals surface area (Å²) in [4.78, 5) is 23.9. The Kier molecular flexibility index (Phi) is 8.39. The molecule has 0 radical (unpaired) electrons. The molecule has 0 aliphatic rings. The second kappa shape index (κ2) is 11.6. The van der Waals surface area contributed by atoms with Crippen LogP contribution in [0.25, 0.3) is 0 Å². The number of likely N-dealkylation sites (N-methyl/N-ethyl adjacent to an activating group) is 1. The Bertz CT molecular complexity index is 1200. The lowest BCUT2D eigenvalue weighted by molar-refractivity contribution is -0.139. The first kappa shape index (κ1) is 25.2. The van der Waals surface area contributed by atoms with Gasteiger partial charge in [0.2, 0.25) is 0 Å². The van der Waals surface area contributed by atoms with Gasteiger partial charge in [0.25, 0.3) is 0 Å². The van der Waals surface area contributed by atoms with Crippen LogP contribution in [0, 0.1) is 11.2 Å². The summed E-state index contributed by atoms with van der Waals surface area (Å²) in [7, 11) is 2.93. The van der Waals surface area contributed by atoms with Gasteiger partial charge >= 0.3 is 11.8 Å². The minimum Gasteiger partial charge on any atom is -0.497 e. The third-order valence-electron chi connectivity index (χ3n) is 5.23. The van der Waals surface area contributed by atoms with Crippen molar-refractivity contribution in [3.05, 3.63) is 83.7 Å². The van der Waals surface area contributed by atoms with E-state index in [-0.39, 0.29) is 5.82 Å². The summed E-state index contributed by atoms with van der Waals surface area (Å²) in [6.45, 7) is 1.73. The van der Waals surface area contributed by atoms with Crippen molar-refractivity contribution in [1.29, 1.82) is 5.41 Å². The maximum atomic E-state index is 13.2. The number of carbonyl (C=O) groups is 2. The molecule has 1 unspecified atom stereocenters. The van der Waals surface area contributed by atoms with Crippen molar-refractivity contribution in [1.82, 2.24) is 10.6 Å². The van der Waals surface area contributed by atoms with Crippen LogP contribution in [0.1, 0.15) is 24.2 Å². The topological polar surface area (TPSA) is 113 Å². The molecule has 9 heteroatoms. The Balaban J connectivity index is 1.89. The molecular weight excluding hydrogens is 451 g/mol. The summed E-state index contributed by atoms with van der Waals surface area (Å²) >= 11 is 0. The molecule has 0 bridgehead atoms. The summed E-state index contributed by atoms with van der Waals surface area (Å²) in [5, 5.41) is 15.9. The number of methoxy groups -OCH3 is 1. The number of hydrogen-bond acceptors (Lipinski definition) is 6. The molecule has 0 saturated carbocycles. The Labute approximate surface area is 203 Å². The maximum absolute atomic E-state index is 13.2. The smallest absolute Gasteiger partial charge is 0.309 e. The highest BCUT2D eigenvalue weighted by Crippen LogP contribution is 2.30. The van der Waals surface area contributed by atoms with E-state index in [4.69, 9.17) is 14.9 Å². The zero-order valence-corrected chi connectivity index (χ0v) is 19.6. The Hall–Kier alpha value is -4.40. The van der Waals surface area contributed by atoms with E-state index in [1.807, 2.05) is 6.07 Å². The zero-order valence-electron chi connectivity index (χ0n) is 19.6. The molecule has 35 heavy (non-hydrogen) atoms. The Morgan fingerprint density at radius 1 is 1.00 bits per heavy atom. The van der Waals surface area contributed by atoms with Gasteiger partial charge in [-0.15, -0.1) is 0 Å². The highest BCUT2D eigenvalue weighted by atomic mass is 19.1. The van der Waals surface area contributed by atoms with E-state index in [1.54, 1.807) is 62.6 Å². The number of benzene rings is 3. The van der Waals surface area contributed by atoms with Gasteiger partial charge < -0.3 is 30.8 Å². The molecule has 0 aliphatic carbocycles. The largest absolute Gasteiger partial charge is 0.497 e. The Morgan fingerprint density at radius 3 is 2.40 bits per heavy atom. The minimum absolute atomic E-state index is 0.340. The number of ether oxygens (including phenoxy) is 2. The highest BCUT2D eigenvalue weighted by Gasteiger charge is 2.26. The van der Waals surface area contributed by atoms with Crippen molar-refractivity contribution in [2.24, 2.45) is 0 Å². The summed E-state index contributed by atoms with van der Waals surface area (Å²) < 4.78 is 24.8. The fraction of sp³-hybridized carbons (Fsp3) is 0.192. The third-order valence-corrected chi connectivity index (χ3v) is 5.23. The van der Waals surface area contributed by atoms with Crippen molar-refractivity contribution in [2.75, 3.05) is 19.5 Å². The second-order valence-corrected chi connectivity index (χ2v) is 7.68. The van der Waals surface area contributed by atoms with E-state index < -0.39 is 24.0 Å². The predicted molar refractivity (Wildman–Crippen MR) is 132 cm³/mol. The molecule has 3 aromatic carbocycles. The second-order valence-electron chi connectivity index (χ2n) is 7.68. The molecular formula is C26H27FN4O4. The average Bonchev–Trinajstić information content (AvgIpc) is 2.88. The van der Waals surface area contributed by atoms with Crippen LogP contribution in [0.15, 0.2) is 66.7 Å². The fourth-order valence-corrected chi connectivity index (χ4v) is 3.42. The van der Waals surface area contributed by atoms with Crippen LogP contribution in [0.2, 0.25) is 0 Å². The van der Waals surface area contributed by atoms with Crippen molar-refractivity contribution < 1.29 is 23.5 Å². The van der Waals surface area contributed by atoms with Gasteiger partial charge in [-0.25, -0.2) is 4.39 Å². The van der Waals surface area contributed by atoms with Crippen molar-refractivity contribution in [3.63, 3.8) is 0 Å². The monoisotopic (exact) mass is 478 g/mol. The summed E-state index contributed by atoms with van der Waals surface area (Å²) in [5.41, 5.74) is 2.57. The van der Waals surface area contributed by atoms with Crippen molar-refractivity contribution >= 4 is 29.4 Å². The van der Waals surface area contributed by atoms with E-state index >= 15 is 0 Å². The molecule has 0 spiro atoms. The number of rotatable bonds is 9. The molecule has 0 fully saturated rings. The first-order valence-corrected chi connectivity index (χ1v) is 10.8. The normalized spacial score (nSPS) is 12.1. The lowest BCUT2D eigenvalue weighted by Crippen LogP contribution is -2.45. The lowest BCUT2D eigenvalue weighted by Gasteiger charge is -2.27. The van der Waals surface area contributed by atoms with Crippen LogP contribution in [0.4, 0.5) is 15.8 Å². The number of amides is 2. The molecule has 3 aromatic rings. The first-order valence-electron chi connectivity index (χ1n) is 10.8. The molecule has 0 heterocycles. The van der Waals surface area contributed by atoms with Gasteiger partial charge in [0.15, 0.2) is 0 Å². The van der Waals surface area contributed by atoms with Crippen LogP contribution in [-0.2, 0) is 9.59 Å². The van der Waals surface area contributed by atoms with Gasteiger partial charge in [0, 0.05) is 30.2 Å². The zero-order chi connectivity index (χ0) is 25.4. The van der Waals surface area contributed by atoms with Crippen LogP contribution >= 0.6 is 0 Å². The summed E-state index contributed by atoms with van der Waals surface area (Å²) in [6, 6.07) is 17.7. The predicted octanol–water partition coefficient (Wildman–Crippen LogP) is 3.95. The molecule has 0 aromatic heterocycles. The summed E-state index contributed by atoms with van der Waals surface area (Å²) in [5.74, 6) is -0.825. The van der Waals surface area contributed by atoms with Crippen molar-refractivity contribution in [2.45, 2.75) is 19.1 Å². The third kappa shape index (κ3) is 6.57. The van der Waals surface area contributed by atoms with Crippen LogP contribution in [0.3, 0.4) is 0 Å². The van der Waals surface area contributed by atoms with Gasteiger partial charge in [0.05, 0.1) is 13.2 Å². The molecule has 0 saturated heterocycles. The molecule has 182 valence electrons. The molecule has 8 nitrogen and oxygen atoms in total. The van der Waals surface area contributed by atoms with E-state index in [2.05, 4.69) is 16.0 Å². The molecule has 0 aliphatic heterocycles. The molecule has 3 rings (SSSR count). The fourth-order valence-electron chi connectivity index (χ4n) is 3.42. The van der Waals surface area contributed by atoms with Crippen LogP contribution in [0.5, 0.6) is 11.5 Å². The highest BCUT2D eigenvalue weighted by molar-refractivity contribution is 6.35. The van der Waals surface area contributed by atoms with Gasteiger partial charge in [-0.2, -0.15) is 0 Å². The van der Waals surface area contributed by atoms with Crippen molar-refractivity contribution in [3.8, 4) is 11.5 Å². The Morgan fingerprint density at radius 2 is 1.74 bits per heavy atom. The molecule has 4 N–H and O–H groups in total.